The van der Waals surface area contributed by atoms with E-state index < -0.39 is 6.04 Å². The highest BCUT2D eigenvalue weighted by Gasteiger charge is 2.32. The number of hydrogen-bond acceptors (Lipinski definition) is 4. The molecular formula is C36H68N4O3. The molecule has 2 rings (SSSR count). The van der Waals surface area contributed by atoms with Crippen LogP contribution in [0.1, 0.15) is 121 Å². The minimum Gasteiger partial charge on any atom is -0.352 e. The second-order valence-corrected chi connectivity index (χ2v) is 9.74. The molecule has 0 aromatic carbocycles. The van der Waals surface area contributed by atoms with Gasteiger partial charge < -0.3 is 20.9 Å². The van der Waals surface area contributed by atoms with Crippen LogP contribution in [0.5, 0.6) is 0 Å². The summed E-state index contributed by atoms with van der Waals surface area (Å²) in [5.74, 6) is 0.0498. The first kappa shape index (κ1) is 44.8. The third-order valence-corrected chi connectivity index (χ3v) is 6.89. The molecule has 7 nitrogen and oxygen atoms in total. The number of carbonyl (C=O) groups is 3. The van der Waals surface area contributed by atoms with Crippen LogP contribution in [-0.2, 0) is 14.4 Å². The summed E-state index contributed by atoms with van der Waals surface area (Å²) in [5.41, 5.74) is 7.59. The zero-order valence-corrected chi connectivity index (χ0v) is 29.7. The van der Waals surface area contributed by atoms with E-state index in [1.807, 2.05) is 86.6 Å². The molecular weight excluding hydrogens is 536 g/mol. The van der Waals surface area contributed by atoms with Crippen LogP contribution >= 0.6 is 0 Å². The van der Waals surface area contributed by atoms with Gasteiger partial charge in [0.2, 0.25) is 17.7 Å². The Hall–Kier alpha value is -2.67. The van der Waals surface area contributed by atoms with Gasteiger partial charge in [-0.25, -0.2) is 0 Å². The molecule has 3 N–H and O–H groups in total. The number of nitrogens with one attached hydrogen (secondary N) is 1. The maximum Gasteiger partial charge on any atom is 0.239 e. The molecule has 1 atom stereocenters. The van der Waals surface area contributed by atoms with Crippen LogP contribution in [0.2, 0.25) is 0 Å². The summed E-state index contributed by atoms with van der Waals surface area (Å²) < 4.78 is 0. The Morgan fingerprint density at radius 3 is 2.07 bits per heavy atom. The monoisotopic (exact) mass is 605 g/mol. The zero-order chi connectivity index (χ0) is 33.6. The lowest BCUT2D eigenvalue weighted by molar-refractivity contribution is -0.135. The summed E-state index contributed by atoms with van der Waals surface area (Å²) in [6, 6.07) is -0.378. The molecule has 0 saturated heterocycles. The van der Waals surface area contributed by atoms with Crippen molar-refractivity contribution < 1.29 is 14.4 Å². The van der Waals surface area contributed by atoms with Crippen LogP contribution in [0, 0.1) is 5.92 Å². The molecule has 7 heteroatoms. The SMILES string of the molecule is C/C=C\C(C)=C/CC.CC.CC.CC.CCN(CC)C(=O)C(N)C1CCC(NC(=O)CN2CC/C=C\C=C/CC2=O)CC1. The second kappa shape index (κ2) is 30.8. The van der Waals surface area contributed by atoms with Crippen LogP contribution in [0.3, 0.4) is 0 Å². The number of nitrogens with two attached hydrogens (primary N) is 1. The topological polar surface area (TPSA) is 95.7 Å². The third kappa shape index (κ3) is 20.8. The van der Waals surface area contributed by atoms with Crippen molar-refractivity contribution in [1.29, 1.82) is 0 Å². The first-order chi connectivity index (χ1) is 20.8. The summed E-state index contributed by atoms with van der Waals surface area (Å²) in [4.78, 5) is 40.6. The summed E-state index contributed by atoms with van der Waals surface area (Å²) in [6.45, 7) is 24.2. The molecule has 1 aliphatic carbocycles. The zero-order valence-electron chi connectivity index (χ0n) is 29.7. The number of likely N-dealkylation sites (N-methyl/N-ethyl adjacent to an activating group) is 1. The molecule has 0 radical (unpaired) electrons. The van der Waals surface area contributed by atoms with Crippen LogP contribution < -0.4 is 11.1 Å². The minimum atomic E-state index is -0.463. The number of nitrogens with zero attached hydrogens (tertiary/aromatic N) is 2. The lowest BCUT2D eigenvalue weighted by atomic mass is 9.81. The molecule has 1 fully saturated rings. The molecule has 0 aromatic heterocycles. The Morgan fingerprint density at radius 2 is 1.56 bits per heavy atom. The van der Waals surface area contributed by atoms with Crippen LogP contribution in [-0.4, -0.2) is 65.8 Å². The van der Waals surface area contributed by atoms with Gasteiger partial charge in [-0.1, -0.05) is 96.6 Å². The second-order valence-electron chi connectivity index (χ2n) is 9.74. The average Bonchev–Trinajstić information content (AvgIpc) is 3.13. The van der Waals surface area contributed by atoms with Gasteiger partial charge in [0.15, 0.2) is 0 Å². The van der Waals surface area contributed by atoms with Crippen LogP contribution in [0.15, 0.2) is 48.1 Å². The fourth-order valence-corrected chi connectivity index (χ4v) is 4.74. The predicted molar refractivity (Wildman–Crippen MR) is 187 cm³/mol. The van der Waals surface area contributed by atoms with E-state index in [9.17, 15) is 14.4 Å². The number of amides is 3. The van der Waals surface area contributed by atoms with Crippen molar-refractivity contribution in [3.05, 3.63) is 48.1 Å². The van der Waals surface area contributed by atoms with E-state index in [1.165, 1.54) is 5.57 Å². The molecule has 1 unspecified atom stereocenters. The van der Waals surface area contributed by atoms with Gasteiger partial charge in [-0.15, -0.1) is 0 Å². The van der Waals surface area contributed by atoms with Crippen LogP contribution in [0.25, 0.3) is 0 Å². The van der Waals surface area contributed by atoms with E-state index in [1.54, 1.807) is 9.80 Å². The maximum atomic E-state index is 12.5. The van der Waals surface area contributed by atoms with Crippen molar-refractivity contribution in [3.8, 4) is 0 Å². The molecule has 3 amide bonds. The molecule has 1 saturated carbocycles. The van der Waals surface area contributed by atoms with Crippen molar-refractivity contribution in [2.75, 3.05) is 26.2 Å². The molecule has 1 heterocycles. The highest BCUT2D eigenvalue weighted by molar-refractivity contribution is 5.85. The first-order valence-electron chi connectivity index (χ1n) is 17.0. The van der Waals surface area contributed by atoms with E-state index in [2.05, 4.69) is 37.4 Å². The van der Waals surface area contributed by atoms with Crippen molar-refractivity contribution >= 4 is 17.7 Å². The number of carbonyl (C=O) groups excluding carboxylic acids is 3. The molecule has 0 bridgehead atoms. The van der Waals surface area contributed by atoms with Crippen molar-refractivity contribution in [2.45, 2.75) is 133 Å². The quantitative estimate of drug-likeness (QED) is 0.265. The summed E-state index contributed by atoms with van der Waals surface area (Å²) in [7, 11) is 0. The molecule has 250 valence electrons. The Bertz CT molecular complexity index is 820. The minimum absolute atomic E-state index is 0.0234. The van der Waals surface area contributed by atoms with Crippen LogP contribution in [0.4, 0.5) is 0 Å². The lowest BCUT2D eigenvalue weighted by Crippen LogP contribution is -2.50. The predicted octanol–water partition coefficient (Wildman–Crippen LogP) is 7.59. The number of rotatable bonds is 9. The van der Waals surface area contributed by atoms with Gasteiger partial charge in [0.1, 0.15) is 0 Å². The summed E-state index contributed by atoms with van der Waals surface area (Å²) in [6.07, 6.45) is 19.5. The van der Waals surface area contributed by atoms with Gasteiger partial charge in [-0.3, -0.25) is 14.4 Å². The van der Waals surface area contributed by atoms with Gasteiger partial charge in [0.05, 0.1) is 12.6 Å². The van der Waals surface area contributed by atoms with Gasteiger partial charge in [-0.05, 0) is 72.1 Å². The fraction of sp³-hybridized carbons (Fsp3) is 0.694. The summed E-state index contributed by atoms with van der Waals surface area (Å²) in [5, 5.41) is 3.07. The summed E-state index contributed by atoms with van der Waals surface area (Å²) >= 11 is 0. The smallest absolute Gasteiger partial charge is 0.239 e. The molecule has 43 heavy (non-hydrogen) atoms. The standard InChI is InChI=1S/C22H36N4O3.C8H14.3C2H6/c1-3-25(4-2)22(29)21(23)17-11-13-18(14-12-17)24-19(27)16-26-15-9-7-5-6-8-10-20(26)28;1-4-6-8(3)7-5-2;3*1-2/h5-8,17-18,21H,3-4,9-16,23H2,1-2H3,(H,24,27);4,6-7H,5H2,1-3H3;3*1-2H3/b7-5-,8-6-;6-4-,8-7-;;;. The Labute approximate surface area is 266 Å². The van der Waals surface area contributed by atoms with E-state index in [0.717, 1.165) is 38.5 Å². The largest absolute Gasteiger partial charge is 0.352 e. The fourth-order valence-electron chi connectivity index (χ4n) is 4.74. The van der Waals surface area contributed by atoms with E-state index in [-0.39, 0.29) is 36.2 Å². The van der Waals surface area contributed by atoms with E-state index in [0.29, 0.717) is 26.1 Å². The Kier molecular flexibility index (Phi) is 32.0. The molecule has 2 aliphatic rings. The van der Waals surface area contributed by atoms with E-state index in [4.69, 9.17) is 5.73 Å². The van der Waals surface area contributed by atoms with Crippen molar-refractivity contribution in [2.24, 2.45) is 11.7 Å². The number of allylic oxidation sites excluding steroid dienone is 6. The first-order valence-corrected chi connectivity index (χ1v) is 17.0. The highest BCUT2D eigenvalue weighted by Crippen LogP contribution is 2.27. The van der Waals surface area contributed by atoms with Gasteiger partial charge in [0, 0.05) is 32.1 Å². The van der Waals surface area contributed by atoms with Gasteiger partial charge in [0.25, 0.3) is 0 Å². The Balaban J connectivity index is -0.000000966. The third-order valence-electron chi connectivity index (χ3n) is 6.89. The Morgan fingerprint density at radius 1 is 1.00 bits per heavy atom. The van der Waals surface area contributed by atoms with Crippen molar-refractivity contribution in [3.63, 3.8) is 0 Å². The van der Waals surface area contributed by atoms with Crippen molar-refractivity contribution in [1.82, 2.24) is 15.1 Å². The lowest BCUT2D eigenvalue weighted by Gasteiger charge is -2.34. The molecule has 0 spiro atoms. The maximum absolute atomic E-state index is 12.5. The molecule has 0 aromatic rings. The van der Waals surface area contributed by atoms with Gasteiger partial charge >= 0.3 is 0 Å². The number of hydrogen-bond donors (Lipinski definition) is 2. The average molecular weight is 605 g/mol. The van der Waals surface area contributed by atoms with Gasteiger partial charge in [-0.2, -0.15) is 0 Å². The van der Waals surface area contributed by atoms with E-state index >= 15 is 0 Å². The highest BCUT2D eigenvalue weighted by atomic mass is 16.2. The normalized spacial score (nSPS) is 20.3. The molecule has 1 aliphatic heterocycles.